The molecule has 102 valence electrons. The van der Waals surface area contributed by atoms with E-state index < -0.39 is 0 Å². The molecule has 1 saturated carbocycles. The third kappa shape index (κ3) is 2.31. The Kier molecular flexibility index (Phi) is 3.40. The summed E-state index contributed by atoms with van der Waals surface area (Å²) < 4.78 is 0. The summed E-state index contributed by atoms with van der Waals surface area (Å²) >= 11 is 0. The molecule has 3 rings (SSSR count). The molecule has 0 bridgehead atoms. The number of amides is 1. The number of hydrogen-bond acceptors (Lipinski definition) is 3. The molecule has 1 saturated heterocycles. The molecule has 2 aliphatic rings. The van der Waals surface area contributed by atoms with Crippen molar-refractivity contribution in [3.63, 3.8) is 0 Å². The van der Waals surface area contributed by atoms with E-state index in [1.807, 2.05) is 19.2 Å². The average molecular weight is 259 g/mol. The molecule has 2 atom stereocenters. The van der Waals surface area contributed by atoms with Gasteiger partial charge < -0.3 is 10.2 Å². The van der Waals surface area contributed by atoms with Crippen LogP contribution >= 0.6 is 0 Å². The van der Waals surface area contributed by atoms with Crippen molar-refractivity contribution >= 4 is 11.6 Å². The highest BCUT2D eigenvalue weighted by atomic mass is 16.2. The zero-order valence-corrected chi connectivity index (χ0v) is 11.4. The summed E-state index contributed by atoms with van der Waals surface area (Å²) in [5.41, 5.74) is 1.51. The summed E-state index contributed by atoms with van der Waals surface area (Å²) in [4.78, 5) is 19.0. The van der Waals surface area contributed by atoms with Crippen molar-refractivity contribution in [2.75, 3.05) is 18.9 Å². The monoisotopic (exact) mass is 259 g/mol. The van der Waals surface area contributed by atoms with Crippen LogP contribution in [0.4, 0.5) is 5.69 Å². The number of aromatic nitrogens is 1. The zero-order valence-electron chi connectivity index (χ0n) is 11.4. The van der Waals surface area contributed by atoms with Gasteiger partial charge in [0.25, 0.3) is 5.91 Å². The van der Waals surface area contributed by atoms with Crippen LogP contribution in [-0.2, 0) is 0 Å². The second kappa shape index (κ2) is 5.19. The first-order chi connectivity index (χ1) is 9.29. The molecule has 2 unspecified atom stereocenters. The van der Waals surface area contributed by atoms with Crippen LogP contribution in [0.25, 0.3) is 0 Å². The lowest BCUT2D eigenvalue weighted by Gasteiger charge is -2.37. The second-order valence-corrected chi connectivity index (χ2v) is 5.58. The molecule has 19 heavy (non-hydrogen) atoms. The van der Waals surface area contributed by atoms with Crippen LogP contribution in [-0.4, -0.2) is 35.4 Å². The summed E-state index contributed by atoms with van der Waals surface area (Å²) in [6.07, 6.45) is 7.86. The molecule has 0 aromatic carbocycles. The summed E-state index contributed by atoms with van der Waals surface area (Å²) in [5, 5.41) is 3.06. The quantitative estimate of drug-likeness (QED) is 0.887. The van der Waals surface area contributed by atoms with Gasteiger partial charge in [-0.25, -0.2) is 0 Å². The summed E-state index contributed by atoms with van der Waals surface area (Å²) in [6.45, 7) is 0.894. The number of anilines is 1. The molecule has 1 aromatic heterocycles. The number of nitrogens with one attached hydrogen (secondary N) is 1. The Hall–Kier alpha value is -1.58. The molecule has 0 radical (unpaired) electrons. The highest BCUT2D eigenvalue weighted by Crippen LogP contribution is 2.37. The van der Waals surface area contributed by atoms with Crippen molar-refractivity contribution in [3.05, 3.63) is 24.0 Å². The van der Waals surface area contributed by atoms with Crippen molar-refractivity contribution in [2.24, 2.45) is 5.92 Å². The second-order valence-electron chi connectivity index (χ2n) is 5.58. The van der Waals surface area contributed by atoms with E-state index in [-0.39, 0.29) is 5.91 Å². The van der Waals surface area contributed by atoms with Crippen LogP contribution in [0.5, 0.6) is 0 Å². The molecule has 2 fully saturated rings. The maximum Gasteiger partial charge on any atom is 0.272 e. The van der Waals surface area contributed by atoms with Gasteiger partial charge >= 0.3 is 0 Å². The van der Waals surface area contributed by atoms with Gasteiger partial charge in [-0.2, -0.15) is 0 Å². The SMILES string of the molecule is CNc1ccnc(C(=O)N2CCCC3CCCC32)c1. The van der Waals surface area contributed by atoms with E-state index in [2.05, 4.69) is 15.2 Å². The molecular weight excluding hydrogens is 238 g/mol. The predicted octanol–water partition coefficient (Wildman–Crippen LogP) is 2.53. The van der Waals surface area contributed by atoms with E-state index in [4.69, 9.17) is 0 Å². The van der Waals surface area contributed by atoms with E-state index in [9.17, 15) is 4.79 Å². The molecule has 1 aliphatic carbocycles. The molecule has 2 heterocycles. The predicted molar refractivity (Wildman–Crippen MR) is 75.2 cm³/mol. The molecule has 1 aliphatic heterocycles. The highest BCUT2D eigenvalue weighted by molar-refractivity contribution is 5.93. The Morgan fingerprint density at radius 3 is 3.05 bits per heavy atom. The Morgan fingerprint density at radius 2 is 2.21 bits per heavy atom. The lowest BCUT2D eigenvalue weighted by molar-refractivity contribution is 0.0542. The zero-order chi connectivity index (χ0) is 13.2. The van der Waals surface area contributed by atoms with Crippen LogP contribution in [0.1, 0.15) is 42.6 Å². The number of hydrogen-bond donors (Lipinski definition) is 1. The van der Waals surface area contributed by atoms with E-state index in [1.54, 1.807) is 6.20 Å². The normalized spacial score (nSPS) is 26.1. The van der Waals surface area contributed by atoms with E-state index in [0.717, 1.165) is 24.6 Å². The van der Waals surface area contributed by atoms with Gasteiger partial charge in [-0.05, 0) is 43.7 Å². The average Bonchev–Trinajstić information content (AvgIpc) is 2.95. The lowest BCUT2D eigenvalue weighted by atomic mass is 9.91. The number of fused-ring (bicyclic) bond motifs is 1. The fourth-order valence-electron chi connectivity index (χ4n) is 3.56. The maximum atomic E-state index is 12.6. The van der Waals surface area contributed by atoms with Crippen molar-refractivity contribution in [3.8, 4) is 0 Å². The Bertz CT molecular complexity index is 474. The molecule has 1 N–H and O–H groups in total. The minimum absolute atomic E-state index is 0.105. The summed E-state index contributed by atoms with van der Waals surface area (Å²) in [5.74, 6) is 0.832. The first-order valence-corrected chi connectivity index (χ1v) is 7.24. The minimum Gasteiger partial charge on any atom is -0.388 e. The molecule has 1 aromatic rings. The summed E-state index contributed by atoms with van der Waals surface area (Å²) in [7, 11) is 1.86. The largest absolute Gasteiger partial charge is 0.388 e. The first-order valence-electron chi connectivity index (χ1n) is 7.24. The minimum atomic E-state index is 0.105. The third-order valence-corrected chi connectivity index (χ3v) is 4.52. The van der Waals surface area contributed by atoms with E-state index in [0.29, 0.717) is 11.7 Å². The molecule has 0 spiro atoms. The number of carbonyl (C=O) groups is 1. The number of pyridine rings is 1. The molecular formula is C15H21N3O. The van der Waals surface area contributed by atoms with Crippen LogP contribution < -0.4 is 5.32 Å². The van der Waals surface area contributed by atoms with Crippen molar-refractivity contribution in [1.29, 1.82) is 0 Å². The summed E-state index contributed by atoms with van der Waals surface area (Å²) in [6, 6.07) is 4.19. The van der Waals surface area contributed by atoms with Crippen LogP contribution in [0.3, 0.4) is 0 Å². The third-order valence-electron chi connectivity index (χ3n) is 4.52. The van der Waals surface area contributed by atoms with Gasteiger partial charge in [0.2, 0.25) is 0 Å². The molecule has 4 heteroatoms. The Labute approximate surface area is 114 Å². The molecule has 4 nitrogen and oxygen atoms in total. The number of likely N-dealkylation sites (tertiary alicyclic amines) is 1. The number of rotatable bonds is 2. The van der Waals surface area contributed by atoms with Crippen LogP contribution in [0.15, 0.2) is 18.3 Å². The topological polar surface area (TPSA) is 45.2 Å². The van der Waals surface area contributed by atoms with Crippen LogP contribution in [0.2, 0.25) is 0 Å². The van der Waals surface area contributed by atoms with E-state index >= 15 is 0 Å². The standard InChI is InChI=1S/C15H21N3O/c1-16-12-7-8-17-13(10-12)15(19)18-9-3-5-11-4-2-6-14(11)18/h7-8,10-11,14H,2-6,9H2,1H3,(H,16,17). The van der Waals surface area contributed by atoms with Crippen molar-refractivity contribution in [1.82, 2.24) is 9.88 Å². The van der Waals surface area contributed by atoms with E-state index in [1.165, 1.54) is 25.7 Å². The molecule has 1 amide bonds. The Morgan fingerprint density at radius 1 is 1.37 bits per heavy atom. The fraction of sp³-hybridized carbons (Fsp3) is 0.600. The Balaban J connectivity index is 1.82. The first kappa shape index (κ1) is 12.5. The number of piperidine rings is 1. The number of nitrogens with zero attached hydrogens (tertiary/aromatic N) is 2. The van der Waals surface area contributed by atoms with Gasteiger partial charge in [0.1, 0.15) is 5.69 Å². The lowest BCUT2D eigenvalue weighted by Crippen LogP contribution is -2.46. The highest BCUT2D eigenvalue weighted by Gasteiger charge is 2.37. The van der Waals surface area contributed by atoms with Gasteiger partial charge in [0.05, 0.1) is 0 Å². The number of carbonyl (C=O) groups excluding carboxylic acids is 1. The van der Waals surface area contributed by atoms with Gasteiger partial charge in [-0.1, -0.05) is 6.42 Å². The van der Waals surface area contributed by atoms with Gasteiger partial charge in [-0.15, -0.1) is 0 Å². The van der Waals surface area contributed by atoms with Gasteiger partial charge in [0, 0.05) is 31.5 Å². The van der Waals surface area contributed by atoms with Gasteiger partial charge in [0.15, 0.2) is 0 Å². The smallest absolute Gasteiger partial charge is 0.272 e. The maximum absolute atomic E-state index is 12.6. The van der Waals surface area contributed by atoms with Gasteiger partial charge in [-0.3, -0.25) is 9.78 Å². The van der Waals surface area contributed by atoms with Crippen molar-refractivity contribution < 1.29 is 4.79 Å². The fourth-order valence-corrected chi connectivity index (χ4v) is 3.56. The van der Waals surface area contributed by atoms with Crippen molar-refractivity contribution in [2.45, 2.75) is 38.1 Å². The van der Waals surface area contributed by atoms with Crippen LogP contribution in [0, 0.1) is 5.92 Å².